The van der Waals surface area contributed by atoms with E-state index in [0.717, 1.165) is 24.6 Å². The Bertz CT molecular complexity index is 444. The number of aromatic carboxylic acids is 1. The molecular weight excluding hydrogens is 244 g/mol. The molecule has 1 aliphatic rings. The molecule has 5 heteroatoms. The van der Waals surface area contributed by atoms with Gasteiger partial charge in [-0.15, -0.1) is 0 Å². The topological polar surface area (TPSA) is 71.5 Å². The number of anilines is 1. The highest BCUT2D eigenvalue weighted by atomic mass is 16.5. The summed E-state index contributed by atoms with van der Waals surface area (Å²) in [5.41, 5.74) is 1.02. The number of hydrogen-bond acceptors (Lipinski definition) is 4. The SMILES string of the molecule is Cc1ccc(C(=O)O)c(NCCCOCC2CC2)n1. The summed E-state index contributed by atoms with van der Waals surface area (Å²) in [6, 6.07) is 3.28. The van der Waals surface area contributed by atoms with Crippen LogP contribution in [0.25, 0.3) is 0 Å². The average molecular weight is 264 g/mol. The lowest BCUT2D eigenvalue weighted by Gasteiger charge is -2.09. The van der Waals surface area contributed by atoms with Crippen molar-refractivity contribution in [3.8, 4) is 0 Å². The quantitative estimate of drug-likeness (QED) is 0.705. The number of aryl methyl sites for hydroxylation is 1. The smallest absolute Gasteiger partial charge is 0.339 e. The third-order valence-electron chi connectivity index (χ3n) is 3.07. The van der Waals surface area contributed by atoms with E-state index in [1.807, 2.05) is 6.92 Å². The predicted octanol–water partition coefficient (Wildman–Crippen LogP) is 2.32. The van der Waals surface area contributed by atoms with Crippen molar-refractivity contribution in [1.29, 1.82) is 0 Å². The second-order valence-corrected chi connectivity index (χ2v) is 4.95. The van der Waals surface area contributed by atoms with Crippen molar-refractivity contribution < 1.29 is 14.6 Å². The van der Waals surface area contributed by atoms with Gasteiger partial charge in [-0.3, -0.25) is 0 Å². The van der Waals surface area contributed by atoms with Gasteiger partial charge >= 0.3 is 5.97 Å². The van der Waals surface area contributed by atoms with Gasteiger partial charge in [-0.25, -0.2) is 9.78 Å². The third kappa shape index (κ3) is 4.52. The summed E-state index contributed by atoms with van der Waals surface area (Å²) in [4.78, 5) is 15.3. The Hall–Kier alpha value is -1.62. The normalized spacial score (nSPS) is 14.4. The zero-order valence-electron chi connectivity index (χ0n) is 11.2. The largest absolute Gasteiger partial charge is 0.478 e. The van der Waals surface area contributed by atoms with Crippen LogP contribution >= 0.6 is 0 Å². The Morgan fingerprint density at radius 3 is 3.00 bits per heavy atom. The molecule has 104 valence electrons. The molecule has 5 nitrogen and oxygen atoms in total. The number of hydrogen-bond donors (Lipinski definition) is 2. The van der Waals surface area contributed by atoms with Gasteiger partial charge in [0.05, 0.1) is 0 Å². The van der Waals surface area contributed by atoms with Gasteiger partial charge in [0.1, 0.15) is 11.4 Å². The Balaban J connectivity index is 1.74. The molecule has 1 aromatic rings. The van der Waals surface area contributed by atoms with Crippen LogP contribution in [-0.4, -0.2) is 35.8 Å². The third-order valence-corrected chi connectivity index (χ3v) is 3.07. The lowest BCUT2D eigenvalue weighted by Crippen LogP contribution is -2.12. The molecule has 1 fully saturated rings. The number of carboxylic acid groups (broad SMARTS) is 1. The molecule has 0 aromatic carbocycles. The molecule has 0 spiro atoms. The van der Waals surface area contributed by atoms with Gasteiger partial charge in [0, 0.05) is 25.5 Å². The van der Waals surface area contributed by atoms with Crippen LogP contribution in [0.1, 0.15) is 35.3 Å². The van der Waals surface area contributed by atoms with Crippen LogP contribution in [0.2, 0.25) is 0 Å². The Morgan fingerprint density at radius 2 is 2.32 bits per heavy atom. The molecule has 1 saturated carbocycles. The van der Waals surface area contributed by atoms with Crippen LogP contribution in [-0.2, 0) is 4.74 Å². The molecule has 0 radical (unpaired) electrons. The second kappa shape index (κ2) is 6.52. The Labute approximate surface area is 113 Å². The maximum absolute atomic E-state index is 11.0. The number of ether oxygens (including phenoxy) is 1. The lowest BCUT2D eigenvalue weighted by molar-refractivity contribution is 0.0697. The van der Waals surface area contributed by atoms with Gasteiger partial charge < -0.3 is 15.2 Å². The summed E-state index contributed by atoms with van der Waals surface area (Å²) in [7, 11) is 0. The van der Waals surface area contributed by atoms with Crippen LogP contribution < -0.4 is 5.32 Å². The zero-order chi connectivity index (χ0) is 13.7. The minimum absolute atomic E-state index is 0.212. The maximum atomic E-state index is 11.0. The number of nitrogens with one attached hydrogen (secondary N) is 1. The first-order valence-corrected chi connectivity index (χ1v) is 6.69. The minimum Gasteiger partial charge on any atom is -0.478 e. The second-order valence-electron chi connectivity index (χ2n) is 4.95. The predicted molar refractivity (Wildman–Crippen MR) is 72.6 cm³/mol. The fourth-order valence-electron chi connectivity index (χ4n) is 1.78. The first kappa shape index (κ1) is 13.8. The van der Waals surface area contributed by atoms with E-state index < -0.39 is 5.97 Å². The van der Waals surface area contributed by atoms with Crippen molar-refractivity contribution in [2.75, 3.05) is 25.1 Å². The standard InChI is InChI=1S/C14H20N2O3/c1-10-3-6-12(14(17)18)13(16-10)15-7-2-8-19-9-11-4-5-11/h3,6,11H,2,4-5,7-9H2,1H3,(H,15,16)(H,17,18). The van der Waals surface area contributed by atoms with Gasteiger partial charge in [0.25, 0.3) is 0 Å². The molecule has 2 rings (SSSR count). The van der Waals surface area contributed by atoms with E-state index in [0.29, 0.717) is 19.0 Å². The summed E-state index contributed by atoms with van der Waals surface area (Å²) in [6.07, 6.45) is 3.45. The van der Waals surface area contributed by atoms with Crippen molar-refractivity contribution >= 4 is 11.8 Å². The summed E-state index contributed by atoms with van der Waals surface area (Å²) in [5.74, 6) is 0.264. The zero-order valence-corrected chi connectivity index (χ0v) is 11.2. The Kier molecular flexibility index (Phi) is 4.74. The number of nitrogens with zero attached hydrogens (tertiary/aromatic N) is 1. The molecule has 0 atom stereocenters. The summed E-state index contributed by atoms with van der Waals surface area (Å²) < 4.78 is 5.52. The molecule has 0 aliphatic heterocycles. The van der Waals surface area contributed by atoms with Crippen LogP contribution in [0.4, 0.5) is 5.82 Å². The monoisotopic (exact) mass is 264 g/mol. The highest BCUT2D eigenvalue weighted by molar-refractivity contribution is 5.93. The van der Waals surface area contributed by atoms with Crippen molar-refractivity contribution in [1.82, 2.24) is 4.98 Å². The van der Waals surface area contributed by atoms with E-state index >= 15 is 0 Å². The van der Waals surface area contributed by atoms with Gasteiger partial charge in [-0.1, -0.05) is 0 Å². The number of carbonyl (C=O) groups is 1. The summed E-state index contributed by atoms with van der Waals surface area (Å²) in [6.45, 7) is 4.08. The van der Waals surface area contributed by atoms with Crippen molar-refractivity contribution in [2.45, 2.75) is 26.2 Å². The van der Waals surface area contributed by atoms with Crippen LogP contribution in [0.15, 0.2) is 12.1 Å². The molecule has 0 amide bonds. The molecule has 1 heterocycles. The number of pyridine rings is 1. The molecule has 19 heavy (non-hydrogen) atoms. The average Bonchev–Trinajstić information content (AvgIpc) is 3.17. The van der Waals surface area contributed by atoms with E-state index in [2.05, 4.69) is 10.3 Å². The summed E-state index contributed by atoms with van der Waals surface area (Å²) >= 11 is 0. The lowest BCUT2D eigenvalue weighted by atomic mass is 10.2. The van der Waals surface area contributed by atoms with Gasteiger partial charge in [0.2, 0.25) is 0 Å². The van der Waals surface area contributed by atoms with Gasteiger partial charge in [0.15, 0.2) is 0 Å². The summed E-state index contributed by atoms with van der Waals surface area (Å²) in [5, 5.41) is 12.1. The van der Waals surface area contributed by atoms with E-state index in [1.54, 1.807) is 12.1 Å². The number of carboxylic acids is 1. The fraction of sp³-hybridized carbons (Fsp3) is 0.571. The van der Waals surface area contributed by atoms with E-state index in [1.165, 1.54) is 12.8 Å². The van der Waals surface area contributed by atoms with Crippen LogP contribution in [0, 0.1) is 12.8 Å². The Morgan fingerprint density at radius 1 is 1.53 bits per heavy atom. The highest BCUT2D eigenvalue weighted by Gasteiger charge is 2.20. The molecule has 0 unspecified atom stereocenters. The highest BCUT2D eigenvalue weighted by Crippen LogP contribution is 2.28. The number of aromatic nitrogens is 1. The fourth-order valence-corrected chi connectivity index (χ4v) is 1.78. The van der Waals surface area contributed by atoms with Gasteiger partial charge in [-0.2, -0.15) is 0 Å². The van der Waals surface area contributed by atoms with E-state index in [-0.39, 0.29) is 5.56 Å². The van der Waals surface area contributed by atoms with Crippen molar-refractivity contribution in [2.24, 2.45) is 5.92 Å². The minimum atomic E-state index is -0.958. The molecule has 1 aliphatic carbocycles. The molecule has 1 aromatic heterocycles. The van der Waals surface area contributed by atoms with E-state index in [4.69, 9.17) is 9.84 Å². The van der Waals surface area contributed by atoms with Crippen LogP contribution in [0.3, 0.4) is 0 Å². The first-order chi connectivity index (χ1) is 9.16. The van der Waals surface area contributed by atoms with Crippen molar-refractivity contribution in [3.63, 3.8) is 0 Å². The molecule has 2 N–H and O–H groups in total. The molecular formula is C14H20N2O3. The van der Waals surface area contributed by atoms with Crippen LogP contribution in [0.5, 0.6) is 0 Å². The molecule has 0 saturated heterocycles. The van der Waals surface area contributed by atoms with Gasteiger partial charge in [-0.05, 0) is 44.2 Å². The van der Waals surface area contributed by atoms with E-state index in [9.17, 15) is 4.79 Å². The number of rotatable bonds is 8. The van der Waals surface area contributed by atoms with Crippen molar-refractivity contribution in [3.05, 3.63) is 23.4 Å². The maximum Gasteiger partial charge on any atom is 0.339 e. The first-order valence-electron chi connectivity index (χ1n) is 6.69. The molecule has 0 bridgehead atoms.